The summed E-state index contributed by atoms with van der Waals surface area (Å²) in [5.74, 6) is -0.256. The van der Waals surface area contributed by atoms with Crippen molar-refractivity contribution in [3.63, 3.8) is 0 Å². The van der Waals surface area contributed by atoms with Crippen LogP contribution >= 0.6 is 0 Å². The fraction of sp³-hybridized carbons (Fsp3) is 0.571. The maximum absolute atomic E-state index is 10.4. The van der Waals surface area contributed by atoms with Gasteiger partial charge in [0.05, 0.1) is 13.2 Å². The number of hydrogen-bond acceptors (Lipinski definition) is 2. The molecule has 0 aromatic carbocycles. The summed E-state index contributed by atoms with van der Waals surface area (Å²) in [6, 6.07) is 0. The van der Waals surface area contributed by atoms with Gasteiger partial charge < -0.3 is 10.5 Å². The van der Waals surface area contributed by atoms with Crippen molar-refractivity contribution in [2.24, 2.45) is 5.73 Å². The molecule has 0 aromatic heterocycles. The van der Waals surface area contributed by atoms with Crippen LogP contribution in [-0.2, 0) is 9.53 Å². The van der Waals surface area contributed by atoms with Crippen molar-refractivity contribution in [2.45, 2.75) is 12.8 Å². The zero-order chi connectivity index (χ0) is 7.40. The standard InChI is InChI=1S/C7H11NO2/c8-7(9)5-6-1-3-10-4-2-6/h1H,2-5H2,(H2,8,9). The summed E-state index contributed by atoms with van der Waals surface area (Å²) in [5.41, 5.74) is 6.11. The zero-order valence-electron chi connectivity index (χ0n) is 5.80. The monoisotopic (exact) mass is 141 g/mol. The summed E-state index contributed by atoms with van der Waals surface area (Å²) in [7, 11) is 0. The molecular formula is C7H11NO2. The smallest absolute Gasteiger partial charge is 0.221 e. The van der Waals surface area contributed by atoms with Crippen LogP contribution in [0.1, 0.15) is 12.8 Å². The number of rotatable bonds is 2. The van der Waals surface area contributed by atoms with E-state index in [4.69, 9.17) is 10.5 Å². The summed E-state index contributed by atoms with van der Waals surface area (Å²) in [6.45, 7) is 1.35. The van der Waals surface area contributed by atoms with E-state index in [1.54, 1.807) is 0 Å². The number of hydrogen-bond donors (Lipinski definition) is 1. The first-order chi connectivity index (χ1) is 4.79. The Hall–Kier alpha value is -0.830. The molecule has 0 bridgehead atoms. The van der Waals surface area contributed by atoms with Crippen molar-refractivity contribution >= 4 is 5.91 Å². The van der Waals surface area contributed by atoms with Crippen LogP contribution < -0.4 is 5.73 Å². The van der Waals surface area contributed by atoms with E-state index in [9.17, 15) is 4.79 Å². The fourth-order valence-corrected chi connectivity index (χ4v) is 0.950. The van der Waals surface area contributed by atoms with Crippen molar-refractivity contribution < 1.29 is 9.53 Å². The van der Waals surface area contributed by atoms with Crippen LogP contribution in [0.3, 0.4) is 0 Å². The second kappa shape index (κ2) is 3.37. The highest BCUT2D eigenvalue weighted by atomic mass is 16.5. The lowest BCUT2D eigenvalue weighted by atomic mass is 10.1. The molecule has 3 nitrogen and oxygen atoms in total. The third kappa shape index (κ3) is 2.19. The SMILES string of the molecule is NC(=O)CC1=CCOCC1. The first-order valence-electron chi connectivity index (χ1n) is 3.33. The molecule has 1 heterocycles. The van der Waals surface area contributed by atoms with Crippen molar-refractivity contribution in [3.05, 3.63) is 11.6 Å². The van der Waals surface area contributed by atoms with E-state index in [0.29, 0.717) is 13.0 Å². The van der Waals surface area contributed by atoms with Crippen molar-refractivity contribution in [1.82, 2.24) is 0 Å². The third-order valence-electron chi connectivity index (χ3n) is 1.46. The maximum Gasteiger partial charge on any atom is 0.221 e. The predicted octanol–water partition coefficient (Wildman–Crippen LogP) is 0.208. The van der Waals surface area contributed by atoms with E-state index in [1.807, 2.05) is 6.08 Å². The molecule has 0 spiro atoms. The van der Waals surface area contributed by atoms with Gasteiger partial charge in [-0.2, -0.15) is 0 Å². The number of nitrogens with two attached hydrogens (primary N) is 1. The van der Waals surface area contributed by atoms with E-state index in [0.717, 1.165) is 18.6 Å². The molecule has 0 fully saturated rings. The fourth-order valence-electron chi connectivity index (χ4n) is 0.950. The minimum Gasteiger partial charge on any atom is -0.377 e. The minimum atomic E-state index is -0.256. The summed E-state index contributed by atoms with van der Waals surface area (Å²) in [6.07, 6.45) is 3.17. The van der Waals surface area contributed by atoms with Crippen LogP contribution in [0, 0.1) is 0 Å². The van der Waals surface area contributed by atoms with Crippen molar-refractivity contribution in [2.75, 3.05) is 13.2 Å². The number of carbonyl (C=O) groups excluding carboxylic acids is 1. The molecule has 0 saturated carbocycles. The largest absolute Gasteiger partial charge is 0.377 e. The Morgan fingerprint density at radius 2 is 2.60 bits per heavy atom. The van der Waals surface area contributed by atoms with Gasteiger partial charge in [-0.15, -0.1) is 0 Å². The zero-order valence-corrected chi connectivity index (χ0v) is 5.80. The van der Waals surface area contributed by atoms with E-state index in [1.165, 1.54) is 0 Å². The first kappa shape index (κ1) is 7.28. The van der Waals surface area contributed by atoms with Gasteiger partial charge in [0, 0.05) is 6.42 Å². The molecule has 0 unspecified atom stereocenters. The summed E-state index contributed by atoms with van der Waals surface area (Å²) >= 11 is 0. The molecule has 1 amide bonds. The van der Waals surface area contributed by atoms with Gasteiger partial charge in [-0.1, -0.05) is 11.6 Å². The first-order valence-corrected chi connectivity index (χ1v) is 3.33. The normalized spacial score (nSPS) is 18.2. The van der Waals surface area contributed by atoms with Crippen LogP contribution in [0.5, 0.6) is 0 Å². The second-order valence-electron chi connectivity index (χ2n) is 2.33. The molecule has 56 valence electrons. The highest BCUT2D eigenvalue weighted by Gasteiger charge is 2.05. The van der Waals surface area contributed by atoms with Crippen LogP contribution in [0.2, 0.25) is 0 Å². The summed E-state index contributed by atoms with van der Waals surface area (Å²) < 4.78 is 5.05. The highest BCUT2D eigenvalue weighted by molar-refractivity contribution is 5.76. The molecule has 0 saturated heterocycles. The highest BCUT2D eigenvalue weighted by Crippen LogP contribution is 2.10. The molecule has 1 rings (SSSR count). The van der Waals surface area contributed by atoms with Crippen LogP contribution in [0.25, 0.3) is 0 Å². The molecular weight excluding hydrogens is 130 g/mol. The summed E-state index contributed by atoms with van der Waals surface area (Å²) in [5, 5.41) is 0. The van der Waals surface area contributed by atoms with Gasteiger partial charge in [0.1, 0.15) is 0 Å². The Kier molecular flexibility index (Phi) is 2.45. The molecule has 0 atom stereocenters. The van der Waals surface area contributed by atoms with Gasteiger partial charge in [0.25, 0.3) is 0 Å². The Morgan fingerprint density at radius 3 is 3.10 bits per heavy atom. The number of carbonyl (C=O) groups is 1. The quantitative estimate of drug-likeness (QED) is 0.559. The molecule has 1 aliphatic heterocycles. The van der Waals surface area contributed by atoms with E-state index < -0.39 is 0 Å². The molecule has 0 radical (unpaired) electrons. The van der Waals surface area contributed by atoms with Gasteiger partial charge in [-0.05, 0) is 6.42 Å². The van der Waals surface area contributed by atoms with Gasteiger partial charge in [-0.25, -0.2) is 0 Å². The number of ether oxygens (including phenoxy) is 1. The Morgan fingerprint density at radius 1 is 1.80 bits per heavy atom. The average molecular weight is 141 g/mol. The Balaban J connectivity index is 2.38. The molecule has 10 heavy (non-hydrogen) atoms. The molecule has 0 aliphatic carbocycles. The molecule has 2 N–H and O–H groups in total. The number of primary amides is 1. The van der Waals surface area contributed by atoms with Crippen molar-refractivity contribution in [3.8, 4) is 0 Å². The van der Waals surface area contributed by atoms with Crippen LogP contribution in [0.15, 0.2) is 11.6 Å². The van der Waals surface area contributed by atoms with E-state index in [2.05, 4.69) is 0 Å². The average Bonchev–Trinajstić information content (AvgIpc) is 1.88. The van der Waals surface area contributed by atoms with Gasteiger partial charge in [-0.3, -0.25) is 4.79 Å². The summed E-state index contributed by atoms with van der Waals surface area (Å²) in [4.78, 5) is 10.4. The second-order valence-corrected chi connectivity index (χ2v) is 2.33. The number of amides is 1. The topological polar surface area (TPSA) is 52.3 Å². The molecule has 1 aliphatic rings. The third-order valence-corrected chi connectivity index (χ3v) is 1.46. The lowest BCUT2D eigenvalue weighted by molar-refractivity contribution is -0.117. The molecule has 0 aromatic rings. The lowest BCUT2D eigenvalue weighted by Crippen LogP contribution is -2.14. The van der Waals surface area contributed by atoms with E-state index in [-0.39, 0.29) is 5.91 Å². The predicted molar refractivity (Wildman–Crippen MR) is 37.3 cm³/mol. The van der Waals surface area contributed by atoms with Crippen LogP contribution in [-0.4, -0.2) is 19.1 Å². The lowest BCUT2D eigenvalue weighted by Gasteiger charge is -2.11. The van der Waals surface area contributed by atoms with Crippen LogP contribution in [0.4, 0.5) is 0 Å². The van der Waals surface area contributed by atoms with Gasteiger partial charge >= 0.3 is 0 Å². The Bertz CT molecular complexity index is 163. The maximum atomic E-state index is 10.4. The molecule has 3 heteroatoms. The van der Waals surface area contributed by atoms with Gasteiger partial charge in [0.15, 0.2) is 0 Å². The Labute approximate surface area is 59.8 Å². The van der Waals surface area contributed by atoms with E-state index >= 15 is 0 Å². The minimum absolute atomic E-state index is 0.256. The van der Waals surface area contributed by atoms with Gasteiger partial charge in [0.2, 0.25) is 5.91 Å². The van der Waals surface area contributed by atoms with Crippen molar-refractivity contribution in [1.29, 1.82) is 0 Å².